The number of H-pyrrole nitrogens is 1. The summed E-state index contributed by atoms with van der Waals surface area (Å²) < 4.78 is 0. The van der Waals surface area contributed by atoms with Crippen molar-refractivity contribution < 1.29 is 4.79 Å². The molecule has 1 aromatic heterocycles. The second-order valence-corrected chi connectivity index (χ2v) is 4.73. The number of nitrogens with two attached hydrogens (primary N) is 1. The third kappa shape index (κ3) is 3.58. The molecular weight excluding hydrogens is 254 g/mol. The third-order valence-electron chi connectivity index (χ3n) is 3.21. The lowest BCUT2D eigenvalue weighted by molar-refractivity contribution is 0.259. The number of hydrogen-bond acceptors (Lipinski definition) is 3. The highest BCUT2D eigenvalue weighted by Crippen LogP contribution is 2.16. The molecule has 0 fully saturated rings. The van der Waals surface area contributed by atoms with Crippen molar-refractivity contribution in [3.05, 3.63) is 47.3 Å². The maximum Gasteiger partial charge on any atom is 0.316 e. The van der Waals surface area contributed by atoms with Crippen LogP contribution in [-0.2, 0) is 6.54 Å². The summed E-state index contributed by atoms with van der Waals surface area (Å²) in [5.41, 5.74) is 9.13. The molecule has 0 saturated heterocycles. The molecule has 5 N–H and O–H groups in total. The van der Waals surface area contributed by atoms with Gasteiger partial charge in [0.25, 0.3) is 0 Å². The number of nitrogens with one attached hydrogen (secondary N) is 3. The molecule has 0 aliphatic rings. The van der Waals surface area contributed by atoms with Gasteiger partial charge in [0, 0.05) is 29.5 Å². The van der Waals surface area contributed by atoms with Crippen LogP contribution < -0.4 is 16.4 Å². The predicted molar refractivity (Wildman–Crippen MR) is 78.2 cm³/mol. The Morgan fingerprint density at radius 1 is 1.40 bits per heavy atom. The Bertz CT molecular complexity index is 576. The molecule has 6 heteroatoms. The number of rotatable bonds is 5. The summed E-state index contributed by atoms with van der Waals surface area (Å²) in [6, 6.07) is 7.24. The Labute approximate surface area is 117 Å². The van der Waals surface area contributed by atoms with Gasteiger partial charge in [-0.15, -0.1) is 0 Å². The van der Waals surface area contributed by atoms with Crippen LogP contribution in [0.2, 0.25) is 0 Å². The first-order chi connectivity index (χ1) is 9.56. The number of anilines is 1. The Balaban J connectivity index is 1.93. The molecule has 1 atom stereocenters. The average molecular weight is 273 g/mol. The molecule has 20 heavy (non-hydrogen) atoms. The van der Waals surface area contributed by atoms with Gasteiger partial charge in [0.2, 0.25) is 0 Å². The van der Waals surface area contributed by atoms with Gasteiger partial charge in [-0.1, -0.05) is 12.1 Å². The monoisotopic (exact) mass is 273 g/mol. The lowest BCUT2D eigenvalue weighted by atomic mass is 10.1. The quantitative estimate of drug-likeness (QED) is 0.671. The highest BCUT2D eigenvalue weighted by Gasteiger charge is 2.07. The van der Waals surface area contributed by atoms with Crippen LogP contribution in [0.15, 0.2) is 30.5 Å². The van der Waals surface area contributed by atoms with E-state index in [1.807, 2.05) is 37.4 Å². The number of amides is 2. The number of aromatic nitrogens is 2. The van der Waals surface area contributed by atoms with E-state index in [1.54, 1.807) is 0 Å². The van der Waals surface area contributed by atoms with Crippen LogP contribution in [0.3, 0.4) is 0 Å². The van der Waals surface area contributed by atoms with E-state index in [9.17, 15) is 4.79 Å². The van der Waals surface area contributed by atoms with Crippen molar-refractivity contribution in [2.75, 3.05) is 5.32 Å². The number of aromatic amines is 1. The molecule has 0 saturated carbocycles. The molecule has 2 aromatic rings. The van der Waals surface area contributed by atoms with Gasteiger partial charge in [-0.05, 0) is 31.5 Å². The first-order valence-electron chi connectivity index (χ1n) is 6.45. The third-order valence-corrected chi connectivity index (χ3v) is 3.21. The van der Waals surface area contributed by atoms with E-state index in [-0.39, 0.29) is 6.04 Å². The highest BCUT2D eigenvalue weighted by atomic mass is 16.2. The molecule has 0 aliphatic carbocycles. The van der Waals surface area contributed by atoms with E-state index in [2.05, 4.69) is 27.8 Å². The van der Waals surface area contributed by atoms with Crippen molar-refractivity contribution in [3.63, 3.8) is 0 Å². The fourth-order valence-corrected chi connectivity index (χ4v) is 1.93. The van der Waals surface area contributed by atoms with Gasteiger partial charge >= 0.3 is 6.03 Å². The van der Waals surface area contributed by atoms with Crippen LogP contribution in [0, 0.1) is 6.92 Å². The fourth-order valence-electron chi connectivity index (χ4n) is 1.93. The predicted octanol–water partition coefficient (Wildman–Crippen LogP) is 2.06. The molecule has 1 aromatic carbocycles. The fraction of sp³-hybridized carbons (Fsp3) is 0.286. The second kappa shape index (κ2) is 6.21. The van der Waals surface area contributed by atoms with Gasteiger partial charge < -0.3 is 16.4 Å². The van der Waals surface area contributed by atoms with E-state index in [1.165, 1.54) is 0 Å². The van der Waals surface area contributed by atoms with Crippen LogP contribution in [0.4, 0.5) is 10.5 Å². The molecule has 106 valence electrons. The van der Waals surface area contributed by atoms with Crippen molar-refractivity contribution in [2.24, 2.45) is 5.73 Å². The van der Waals surface area contributed by atoms with Crippen molar-refractivity contribution in [1.82, 2.24) is 15.5 Å². The van der Waals surface area contributed by atoms with Gasteiger partial charge in [0.15, 0.2) is 0 Å². The highest BCUT2D eigenvalue weighted by molar-refractivity contribution is 5.87. The van der Waals surface area contributed by atoms with Crippen LogP contribution in [-0.4, -0.2) is 16.2 Å². The summed E-state index contributed by atoms with van der Waals surface area (Å²) >= 11 is 0. The van der Waals surface area contributed by atoms with E-state index in [0.717, 1.165) is 23.4 Å². The number of nitrogens with zero attached hydrogens (tertiary/aromatic N) is 1. The zero-order valence-electron chi connectivity index (χ0n) is 11.6. The Hall–Kier alpha value is -2.34. The van der Waals surface area contributed by atoms with Crippen molar-refractivity contribution in [3.8, 4) is 0 Å². The van der Waals surface area contributed by atoms with Gasteiger partial charge in [-0.3, -0.25) is 5.10 Å². The maximum absolute atomic E-state index is 10.7. The summed E-state index contributed by atoms with van der Waals surface area (Å²) in [4.78, 5) is 10.7. The largest absolute Gasteiger partial charge is 0.351 e. The maximum atomic E-state index is 10.7. The normalized spacial score (nSPS) is 12.1. The smallest absolute Gasteiger partial charge is 0.316 e. The topological polar surface area (TPSA) is 95.8 Å². The SMILES string of the molecule is Cc1[nH]ncc1CNC(C)c1ccc(NC(N)=O)cc1. The lowest BCUT2D eigenvalue weighted by Crippen LogP contribution is -2.20. The summed E-state index contributed by atoms with van der Waals surface area (Å²) in [5.74, 6) is 0. The first kappa shape index (κ1) is 14.1. The molecule has 6 nitrogen and oxygen atoms in total. The summed E-state index contributed by atoms with van der Waals surface area (Å²) in [6.45, 7) is 4.84. The number of primary amides is 1. The standard InChI is InChI=1S/C14H19N5O/c1-9(16-7-12-8-17-19-10(12)2)11-3-5-13(6-4-11)18-14(15)20/h3-6,8-9,16H,7H2,1-2H3,(H,17,19)(H3,15,18,20). The number of hydrogen-bond donors (Lipinski definition) is 4. The van der Waals surface area contributed by atoms with Crippen LogP contribution in [0.1, 0.15) is 29.8 Å². The Morgan fingerprint density at radius 3 is 2.65 bits per heavy atom. The molecule has 0 spiro atoms. The van der Waals surface area contributed by atoms with Gasteiger partial charge in [0.05, 0.1) is 6.20 Å². The number of aryl methyl sites for hydroxylation is 1. The molecule has 0 bridgehead atoms. The molecule has 1 unspecified atom stereocenters. The Kier molecular flexibility index (Phi) is 4.37. The number of carbonyl (C=O) groups excluding carboxylic acids is 1. The minimum absolute atomic E-state index is 0.201. The Morgan fingerprint density at radius 2 is 2.10 bits per heavy atom. The molecule has 1 heterocycles. The van der Waals surface area contributed by atoms with E-state index >= 15 is 0 Å². The van der Waals surface area contributed by atoms with E-state index in [0.29, 0.717) is 5.69 Å². The molecule has 2 amide bonds. The van der Waals surface area contributed by atoms with Gasteiger partial charge in [-0.25, -0.2) is 4.79 Å². The molecular formula is C14H19N5O. The van der Waals surface area contributed by atoms with Crippen molar-refractivity contribution >= 4 is 11.7 Å². The number of urea groups is 1. The second-order valence-electron chi connectivity index (χ2n) is 4.73. The molecule has 0 radical (unpaired) electrons. The number of benzene rings is 1. The minimum Gasteiger partial charge on any atom is -0.351 e. The number of carbonyl (C=O) groups is 1. The van der Waals surface area contributed by atoms with Crippen LogP contribution in [0.5, 0.6) is 0 Å². The first-order valence-corrected chi connectivity index (χ1v) is 6.45. The minimum atomic E-state index is -0.556. The summed E-state index contributed by atoms with van der Waals surface area (Å²) in [7, 11) is 0. The van der Waals surface area contributed by atoms with E-state index in [4.69, 9.17) is 5.73 Å². The van der Waals surface area contributed by atoms with Crippen LogP contribution in [0.25, 0.3) is 0 Å². The van der Waals surface area contributed by atoms with E-state index < -0.39 is 6.03 Å². The molecule has 0 aliphatic heterocycles. The van der Waals surface area contributed by atoms with Gasteiger partial charge in [0.1, 0.15) is 0 Å². The average Bonchev–Trinajstić information content (AvgIpc) is 2.82. The van der Waals surface area contributed by atoms with Gasteiger partial charge in [-0.2, -0.15) is 5.10 Å². The summed E-state index contributed by atoms with van der Waals surface area (Å²) in [6.07, 6.45) is 1.83. The van der Waals surface area contributed by atoms with Crippen molar-refractivity contribution in [1.29, 1.82) is 0 Å². The zero-order chi connectivity index (χ0) is 14.5. The summed E-state index contributed by atoms with van der Waals surface area (Å²) in [5, 5.41) is 12.9. The van der Waals surface area contributed by atoms with Crippen molar-refractivity contribution in [2.45, 2.75) is 26.4 Å². The molecule has 2 rings (SSSR count). The van der Waals surface area contributed by atoms with Crippen LogP contribution >= 0.6 is 0 Å². The lowest BCUT2D eigenvalue weighted by Gasteiger charge is -2.14. The zero-order valence-corrected chi connectivity index (χ0v) is 11.6.